The van der Waals surface area contributed by atoms with Crippen LogP contribution in [0, 0.1) is 5.82 Å². The highest BCUT2D eigenvalue weighted by Crippen LogP contribution is 2.21. The molecule has 0 bridgehead atoms. The lowest BCUT2D eigenvalue weighted by atomic mass is 10.1. The Bertz CT molecular complexity index is 457. The lowest BCUT2D eigenvalue weighted by Gasteiger charge is -2.10. The van der Waals surface area contributed by atoms with Crippen LogP contribution in [-0.4, -0.2) is 27.1 Å². The van der Waals surface area contributed by atoms with E-state index < -0.39 is 6.10 Å². The summed E-state index contributed by atoms with van der Waals surface area (Å²) in [5.74, 6) is -0.136. The molecule has 1 atom stereocenters. The van der Waals surface area contributed by atoms with Crippen LogP contribution in [0.1, 0.15) is 17.5 Å². The number of hydrogen-bond donors (Lipinski definition) is 1. The molecule has 1 aromatic heterocycles. The Morgan fingerprint density at radius 1 is 1.38 bits per heavy atom. The number of aromatic nitrogens is 4. The number of nitrogens with zero attached hydrogens (tertiary/aromatic N) is 3. The van der Waals surface area contributed by atoms with Gasteiger partial charge in [0.05, 0.1) is 0 Å². The van der Waals surface area contributed by atoms with Crippen molar-refractivity contribution in [1.29, 1.82) is 0 Å². The Hall–Kier alpha value is -2.31. The molecule has 1 N–H and O–H groups in total. The van der Waals surface area contributed by atoms with E-state index in [2.05, 4.69) is 20.6 Å². The SMILES string of the molecule is O=[C]OC(c1ccc(F)cc1)c1nnn[nH]1. The van der Waals surface area contributed by atoms with Gasteiger partial charge < -0.3 is 4.74 Å². The van der Waals surface area contributed by atoms with Crippen LogP contribution in [0.4, 0.5) is 4.39 Å². The van der Waals surface area contributed by atoms with Crippen molar-refractivity contribution >= 4 is 6.47 Å². The van der Waals surface area contributed by atoms with Crippen molar-refractivity contribution in [2.24, 2.45) is 0 Å². The molecule has 1 heterocycles. The number of H-pyrrole nitrogens is 1. The van der Waals surface area contributed by atoms with E-state index in [9.17, 15) is 9.18 Å². The van der Waals surface area contributed by atoms with Gasteiger partial charge in [-0.05, 0) is 22.6 Å². The average Bonchev–Trinajstić information content (AvgIpc) is 2.81. The fourth-order valence-electron chi connectivity index (χ4n) is 1.24. The van der Waals surface area contributed by atoms with Gasteiger partial charge in [0.2, 0.25) is 0 Å². The third-order valence-corrected chi connectivity index (χ3v) is 1.95. The number of aromatic amines is 1. The van der Waals surface area contributed by atoms with Gasteiger partial charge in [0.15, 0.2) is 11.9 Å². The van der Waals surface area contributed by atoms with Crippen molar-refractivity contribution < 1.29 is 13.9 Å². The summed E-state index contributed by atoms with van der Waals surface area (Å²) in [6.45, 7) is 1.31. The Kier molecular flexibility index (Phi) is 2.86. The van der Waals surface area contributed by atoms with E-state index in [1.54, 1.807) is 0 Å². The van der Waals surface area contributed by atoms with Gasteiger partial charge in [-0.25, -0.2) is 14.3 Å². The van der Waals surface area contributed by atoms with Gasteiger partial charge in [-0.3, -0.25) is 0 Å². The first-order chi connectivity index (χ1) is 7.81. The Balaban J connectivity index is 2.32. The van der Waals surface area contributed by atoms with E-state index in [1.807, 2.05) is 0 Å². The predicted molar refractivity (Wildman–Crippen MR) is 49.2 cm³/mol. The second kappa shape index (κ2) is 4.47. The summed E-state index contributed by atoms with van der Waals surface area (Å²) in [6, 6.07) is 5.44. The minimum atomic E-state index is -0.812. The third kappa shape index (κ3) is 2.02. The molecular weight excluding hydrogens is 215 g/mol. The summed E-state index contributed by atoms with van der Waals surface area (Å²) in [5, 5.41) is 12.8. The highest BCUT2D eigenvalue weighted by atomic mass is 19.1. The Morgan fingerprint density at radius 3 is 2.69 bits per heavy atom. The summed E-state index contributed by atoms with van der Waals surface area (Å²) >= 11 is 0. The summed E-state index contributed by atoms with van der Waals surface area (Å²) in [7, 11) is 0. The molecule has 2 rings (SSSR count). The van der Waals surface area contributed by atoms with Gasteiger partial charge in [-0.2, -0.15) is 0 Å². The van der Waals surface area contributed by atoms with Gasteiger partial charge in [0.25, 0.3) is 0 Å². The molecule has 0 aliphatic carbocycles. The molecule has 1 radical (unpaired) electrons. The molecule has 0 aliphatic rings. The van der Waals surface area contributed by atoms with Crippen molar-refractivity contribution in [2.75, 3.05) is 0 Å². The van der Waals surface area contributed by atoms with Crippen molar-refractivity contribution in [3.8, 4) is 0 Å². The largest absolute Gasteiger partial charge is 0.441 e. The lowest BCUT2D eigenvalue weighted by Crippen LogP contribution is -2.07. The first kappa shape index (κ1) is 10.2. The maximum atomic E-state index is 12.7. The fourth-order valence-corrected chi connectivity index (χ4v) is 1.24. The van der Waals surface area contributed by atoms with E-state index in [0.29, 0.717) is 5.56 Å². The highest BCUT2D eigenvalue weighted by Gasteiger charge is 2.19. The van der Waals surface area contributed by atoms with Crippen LogP contribution in [0.5, 0.6) is 0 Å². The first-order valence-electron chi connectivity index (χ1n) is 4.33. The quantitative estimate of drug-likeness (QED) is 0.813. The smallest absolute Gasteiger partial charge is 0.418 e. The third-order valence-electron chi connectivity index (χ3n) is 1.95. The monoisotopic (exact) mass is 221 g/mol. The fraction of sp³-hybridized carbons (Fsp3) is 0.111. The number of carbonyl (C=O) groups excluding carboxylic acids is 1. The minimum Gasteiger partial charge on any atom is -0.441 e. The number of halogens is 1. The summed E-state index contributed by atoms with van der Waals surface area (Å²) < 4.78 is 17.4. The number of tetrazole rings is 1. The topological polar surface area (TPSA) is 80.8 Å². The van der Waals surface area contributed by atoms with Gasteiger partial charge in [0, 0.05) is 5.56 Å². The second-order valence-corrected chi connectivity index (χ2v) is 2.92. The summed E-state index contributed by atoms with van der Waals surface area (Å²) in [5.41, 5.74) is 0.545. The number of rotatable bonds is 4. The molecule has 0 saturated heterocycles. The van der Waals surface area contributed by atoms with Crippen molar-refractivity contribution in [1.82, 2.24) is 20.6 Å². The zero-order valence-corrected chi connectivity index (χ0v) is 7.92. The normalized spacial score (nSPS) is 12.1. The van der Waals surface area contributed by atoms with Crippen molar-refractivity contribution in [3.05, 3.63) is 41.5 Å². The molecular formula is C9H6FN4O2. The summed E-state index contributed by atoms with van der Waals surface area (Å²) in [6.07, 6.45) is -0.812. The number of benzene rings is 1. The van der Waals surface area contributed by atoms with Crippen molar-refractivity contribution in [3.63, 3.8) is 0 Å². The molecule has 0 aliphatic heterocycles. The van der Waals surface area contributed by atoms with E-state index in [-0.39, 0.29) is 11.6 Å². The molecule has 1 aromatic carbocycles. The average molecular weight is 221 g/mol. The molecule has 1 unspecified atom stereocenters. The second-order valence-electron chi connectivity index (χ2n) is 2.92. The molecule has 0 fully saturated rings. The number of hydrogen-bond acceptors (Lipinski definition) is 5. The maximum Gasteiger partial charge on any atom is 0.418 e. The van der Waals surface area contributed by atoms with Gasteiger partial charge >= 0.3 is 6.47 Å². The molecule has 0 spiro atoms. The molecule has 16 heavy (non-hydrogen) atoms. The Labute approximate surface area is 89.4 Å². The highest BCUT2D eigenvalue weighted by molar-refractivity contribution is 5.41. The molecule has 6 nitrogen and oxygen atoms in total. The number of nitrogens with one attached hydrogen (secondary N) is 1. The molecule has 0 amide bonds. The molecule has 0 saturated carbocycles. The minimum absolute atomic E-state index is 0.245. The van der Waals surface area contributed by atoms with Gasteiger partial charge in [0.1, 0.15) is 5.82 Å². The predicted octanol–water partition coefficient (Wildman–Crippen LogP) is 0.512. The maximum absolute atomic E-state index is 12.7. The van der Waals surface area contributed by atoms with Crippen LogP contribution in [0.3, 0.4) is 0 Å². The molecule has 81 valence electrons. The standard InChI is InChI=1S/C9H6FN4O2/c10-7-3-1-6(2-4-7)8(16-5-15)9-11-13-14-12-9/h1-4,8H,(H,11,12,13,14). The number of ether oxygens (including phenoxy) is 1. The van der Waals surface area contributed by atoms with Crippen LogP contribution in [-0.2, 0) is 9.53 Å². The van der Waals surface area contributed by atoms with Gasteiger partial charge in [-0.1, -0.05) is 12.1 Å². The van der Waals surface area contributed by atoms with Crippen LogP contribution >= 0.6 is 0 Å². The van der Waals surface area contributed by atoms with Crippen LogP contribution in [0.15, 0.2) is 24.3 Å². The van der Waals surface area contributed by atoms with Crippen molar-refractivity contribution in [2.45, 2.75) is 6.10 Å². The zero-order valence-electron chi connectivity index (χ0n) is 7.92. The Morgan fingerprint density at radius 2 is 2.12 bits per heavy atom. The van der Waals surface area contributed by atoms with E-state index in [4.69, 9.17) is 4.74 Å². The van der Waals surface area contributed by atoms with Gasteiger partial charge in [-0.15, -0.1) is 5.10 Å². The zero-order chi connectivity index (χ0) is 11.4. The first-order valence-corrected chi connectivity index (χ1v) is 4.33. The molecule has 7 heteroatoms. The summed E-state index contributed by atoms with van der Waals surface area (Å²) in [4.78, 5) is 10.2. The van der Waals surface area contributed by atoms with Crippen LogP contribution in [0.2, 0.25) is 0 Å². The van der Waals surface area contributed by atoms with Crippen LogP contribution in [0.25, 0.3) is 0 Å². The van der Waals surface area contributed by atoms with E-state index in [1.165, 1.54) is 30.7 Å². The van der Waals surface area contributed by atoms with E-state index >= 15 is 0 Å². The van der Waals surface area contributed by atoms with Crippen LogP contribution < -0.4 is 0 Å². The van der Waals surface area contributed by atoms with E-state index in [0.717, 1.165) is 0 Å². The lowest BCUT2D eigenvalue weighted by molar-refractivity contribution is 0.207. The molecule has 2 aromatic rings.